The van der Waals surface area contributed by atoms with Gasteiger partial charge in [0, 0.05) is 16.9 Å². The predicted molar refractivity (Wildman–Crippen MR) is 82.7 cm³/mol. The van der Waals surface area contributed by atoms with Crippen molar-refractivity contribution in [3.05, 3.63) is 60.2 Å². The Labute approximate surface area is 117 Å². The van der Waals surface area contributed by atoms with Gasteiger partial charge in [-0.3, -0.25) is 4.79 Å². The molecule has 0 heterocycles. The molecule has 2 aromatic rings. The highest BCUT2D eigenvalue weighted by Crippen LogP contribution is 2.12. The van der Waals surface area contributed by atoms with Crippen LogP contribution in [0.2, 0.25) is 0 Å². The normalized spacial score (nSPS) is 9.74. The van der Waals surface area contributed by atoms with Crippen molar-refractivity contribution in [2.45, 2.75) is 6.92 Å². The lowest BCUT2D eigenvalue weighted by molar-refractivity contribution is 0.101. The Hall–Kier alpha value is -2.20. The number of rotatable bonds is 3. The Morgan fingerprint density at radius 2 is 1.58 bits per heavy atom. The Morgan fingerprint density at radius 3 is 2.26 bits per heavy atom. The van der Waals surface area contributed by atoms with Crippen molar-refractivity contribution >= 4 is 34.5 Å². The van der Waals surface area contributed by atoms with Gasteiger partial charge in [-0.1, -0.05) is 30.3 Å². The van der Waals surface area contributed by atoms with Gasteiger partial charge in [-0.05, 0) is 43.4 Å². The second-order valence-corrected chi connectivity index (χ2v) is 4.49. The molecule has 19 heavy (non-hydrogen) atoms. The van der Waals surface area contributed by atoms with Crippen molar-refractivity contribution in [1.82, 2.24) is 0 Å². The summed E-state index contributed by atoms with van der Waals surface area (Å²) in [5, 5.41) is 6.62. The van der Waals surface area contributed by atoms with Gasteiger partial charge in [0.15, 0.2) is 10.9 Å². The Morgan fingerprint density at radius 1 is 0.947 bits per heavy atom. The number of anilines is 2. The van der Waals surface area contributed by atoms with E-state index in [-0.39, 0.29) is 5.78 Å². The fraction of sp³-hybridized carbons (Fsp3) is 0.0667. The Balaban J connectivity index is 2.03. The third kappa shape index (κ3) is 3.89. The van der Waals surface area contributed by atoms with E-state index in [4.69, 9.17) is 12.2 Å². The van der Waals surface area contributed by atoms with Crippen molar-refractivity contribution in [3.8, 4) is 0 Å². The molecule has 2 rings (SSSR count). The summed E-state index contributed by atoms with van der Waals surface area (Å²) in [5.74, 6) is 0.0330. The van der Waals surface area contributed by atoms with E-state index in [1.165, 1.54) is 0 Å². The van der Waals surface area contributed by atoms with Gasteiger partial charge in [0.1, 0.15) is 0 Å². The molecule has 0 aromatic heterocycles. The first-order valence-electron chi connectivity index (χ1n) is 5.89. The first-order chi connectivity index (χ1) is 9.15. The number of Topliss-reactive ketones (excluding diaryl/α,β-unsaturated/α-hetero) is 1. The number of para-hydroxylation sites is 1. The summed E-state index contributed by atoms with van der Waals surface area (Å²) >= 11 is 5.22. The van der Waals surface area contributed by atoms with Crippen LogP contribution in [-0.2, 0) is 0 Å². The molecule has 0 atom stereocenters. The van der Waals surface area contributed by atoms with E-state index in [0.29, 0.717) is 10.7 Å². The number of hydrogen-bond donors (Lipinski definition) is 2. The fourth-order valence-corrected chi connectivity index (χ4v) is 1.87. The zero-order valence-electron chi connectivity index (χ0n) is 10.5. The first-order valence-corrected chi connectivity index (χ1v) is 6.30. The largest absolute Gasteiger partial charge is 0.332 e. The molecular formula is C15H14N2OS. The van der Waals surface area contributed by atoms with Crippen LogP contribution in [0.4, 0.5) is 11.4 Å². The van der Waals surface area contributed by atoms with Crippen LogP contribution in [0.5, 0.6) is 0 Å². The fourth-order valence-electron chi connectivity index (χ4n) is 1.63. The van der Waals surface area contributed by atoms with E-state index in [2.05, 4.69) is 10.6 Å². The maximum absolute atomic E-state index is 11.3. The number of ketones is 1. The van der Waals surface area contributed by atoms with Gasteiger partial charge < -0.3 is 10.6 Å². The third-order valence-corrected chi connectivity index (χ3v) is 2.76. The van der Waals surface area contributed by atoms with E-state index >= 15 is 0 Å². The van der Waals surface area contributed by atoms with E-state index in [0.717, 1.165) is 11.4 Å². The molecule has 2 N–H and O–H groups in total. The summed E-state index contributed by atoms with van der Waals surface area (Å²) < 4.78 is 0. The van der Waals surface area contributed by atoms with E-state index in [1.54, 1.807) is 19.1 Å². The van der Waals surface area contributed by atoms with Crippen LogP contribution in [0.25, 0.3) is 0 Å². The second kappa shape index (κ2) is 6.11. The molecule has 0 bridgehead atoms. The molecule has 0 fully saturated rings. The number of thiocarbonyl (C=S) groups is 1. The van der Waals surface area contributed by atoms with Gasteiger partial charge in [-0.2, -0.15) is 0 Å². The quantitative estimate of drug-likeness (QED) is 0.659. The maximum Gasteiger partial charge on any atom is 0.175 e. The molecule has 0 saturated heterocycles. The summed E-state index contributed by atoms with van der Waals surface area (Å²) in [4.78, 5) is 11.3. The molecule has 0 saturated carbocycles. The summed E-state index contributed by atoms with van der Waals surface area (Å²) in [6, 6.07) is 16.9. The predicted octanol–water partition coefficient (Wildman–Crippen LogP) is 3.70. The number of nitrogens with one attached hydrogen (secondary N) is 2. The standard InChI is InChI=1S/C15H14N2OS/c1-11(18)12-6-5-9-14(10-12)17-15(19)16-13-7-3-2-4-8-13/h2-10H,1H3,(H2,16,17,19). The van der Waals surface area contributed by atoms with Crippen LogP contribution in [0.3, 0.4) is 0 Å². The molecule has 3 nitrogen and oxygen atoms in total. The highest BCUT2D eigenvalue weighted by Gasteiger charge is 2.02. The van der Waals surface area contributed by atoms with Crippen LogP contribution in [0.1, 0.15) is 17.3 Å². The van der Waals surface area contributed by atoms with Gasteiger partial charge in [-0.25, -0.2) is 0 Å². The van der Waals surface area contributed by atoms with Gasteiger partial charge in [0.2, 0.25) is 0 Å². The van der Waals surface area contributed by atoms with Crippen LogP contribution < -0.4 is 10.6 Å². The minimum atomic E-state index is 0.0330. The number of hydrogen-bond acceptors (Lipinski definition) is 2. The van der Waals surface area contributed by atoms with Gasteiger partial charge in [-0.15, -0.1) is 0 Å². The first kappa shape index (κ1) is 13.2. The highest BCUT2D eigenvalue weighted by atomic mass is 32.1. The summed E-state index contributed by atoms with van der Waals surface area (Å²) in [6.45, 7) is 1.54. The SMILES string of the molecule is CC(=O)c1cccc(NC(=S)Nc2ccccc2)c1. The van der Waals surface area contributed by atoms with Crippen molar-refractivity contribution in [2.75, 3.05) is 10.6 Å². The number of benzene rings is 2. The molecular weight excluding hydrogens is 256 g/mol. The molecule has 0 radical (unpaired) electrons. The summed E-state index contributed by atoms with van der Waals surface area (Å²) in [6.07, 6.45) is 0. The molecule has 0 amide bonds. The topological polar surface area (TPSA) is 41.1 Å². The Bertz CT molecular complexity index is 596. The van der Waals surface area contributed by atoms with Gasteiger partial charge in [0.05, 0.1) is 0 Å². The van der Waals surface area contributed by atoms with Gasteiger partial charge in [0.25, 0.3) is 0 Å². The lowest BCUT2D eigenvalue weighted by Crippen LogP contribution is -2.19. The lowest BCUT2D eigenvalue weighted by Gasteiger charge is -2.10. The minimum Gasteiger partial charge on any atom is -0.332 e. The molecule has 4 heteroatoms. The monoisotopic (exact) mass is 270 g/mol. The summed E-state index contributed by atoms with van der Waals surface area (Å²) in [5.41, 5.74) is 2.37. The molecule has 96 valence electrons. The average Bonchev–Trinajstić information content (AvgIpc) is 2.40. The minimum absolute atomic E-state index is 0.0330. The zero-order chi connectivity index (χ0) is 13.7. The summed E-state index contributed by atoms with van der Waals surface area (Å²) in [7, 11) is 0. The molecule has 0 spiro atoms. The Kier molecular flexibility index (Phi) is 4.26. The molecule has 0 unspecified atom stereocenters. The smallest absolute Gasteiger partial charge is 0.175 e. The number of carbonyl (C=O) groups excluding carboxylic acids is 1. The van der Waals surface area contributed by atoms with Crippen molar-refractivity contribution in [1.29, 1.82) is 0 Å². The third-order valence-electron chi connectivity index (χ3n) is 2.56. The number of carbonyl (C=O) groups is 1. The van der Waals surface area contributed by atoms with E-state index < -0.39 is 0 Å². The average molecular weight is 270 g/mol. The lowest BCUT2D eigenvalue weighted by atomic mass is 10.1. The van der Waals surface area contributed by atoms with Crippen LogP contribution in [-0.4, -0.2) is 10.9 Å². The maximum atomic E-state index is 11.3. The molecule has 0 aliphatic rings. The molecule has 2 aromatic carbocycles. The molecule has 0 aliphatic carbocycles. The van der Waals surface area contributed by atoms with Crippen molar-refractivity contribution in [3.63, 3.8) is 0 Å². The van der Waals surface area contributed by atoms with Gasteiger partial charge >= 0.3 is 0 Å². The van der Waals surface area contributed by atoms with E-state index in [9.17, 15) is 4.79 Å². The van der Waals surface area contributed by atoms with Crippen LogP contribution in [0, 0.1) is 0 Å². The van der Waals surface area contributed by atoms with Crippen LogP contribution in [0.15, 0.2) is 54.6 Å². The van der Waals surface area contributed by atoms with Crippen molar-refractivity contribution in [2.24, 2.45) is 0 Å². The highest BCUT2D eigenvalue weighted by molar-refractivity contribution is 7.80. The zero-order valence-corrected chi connectivity index (χ0v) is 11.3. The van der Waals surface area contributed by atoms with Crippen molar-refractivity contribution < 1.29 is 4.79 Å². The second-order valence-electron chi connectivity index (χ2n) is 4.08. The van der Waals surface area contributed by atoms with Crippen LogP contribution >= 0.6 is 12.2 Å². The molecule has 0 aliphatic heterocycles. The van der Waals surface area contributed by atoms with E-state index in [1.807, 2.05) is 42.5 Å².